The molecule has 0 aliphatic carbocycles. The maximum Gasteiger partial charge on any atom is 0.171 e. The van der Waals surface area contributed by atoms with E-state index < -0.39 is 11.2 Å². The number of rotatable bonds is 5. The Morgan fingerprint density at radius 3 is 2.78 bits per heavy atom. The highest BCUT2D eigenvalue weighted by Crippen LogP contribution is 2.28. The van der Waals surface area contributed by atoms with Gasteiger partial charge in [0.2, 0.25) is 0 Å². The number of aliphatic carboxylic acids is 1. The van der Waals surface area contributed by atoms with Crippen LogP contribution in [0.5, 0.6) is 0 Å². The molecule has 1 atom stereocenters. The van der Waals surface area contributed by atoms with Crippen LogP contribution in [-0.4, -0.2) is 30.7 Å². The molecular formula is C15H14N5O2S-. The summed E-state index contributed by atoms with van der Waals surface area (Å²) in [5.74, 6) is -0.878. The normalized spacial score (nSPS) is 12.4. The van der Waals surface area contributed by atoms with Crippen LogP contribution in [0.3, 0.4) is 0 Å². The fourth-order valence-corrected chi connectivity index (χ4v) is 2.97. The van der Waals surface area contributed by atoms with E-state index in [4.69, 9.17) is 5.73 Å². The lowest BCUT2D eigenvalue weighted by atomic mass is 10.2. The number of nitrogens with two attached hydrogens (primary N) is 1. The third-order valence-corrected chi connectivity index (χ3v) is 4.39. The summed E-state index contributed by atoms with van der Waals surface area (Å²) in [6.07, 6.45) is 1.37. The van der Waals surface area contributed by atoms with Gasteiger partial charge in [-0.1, -0.05) is 42.1 Å². The Morgan fingerprint density at radius 1 is 1.35 bits per heavy atom. The number of carboxylic acids is 1. The number of fused-ring (bicyclic) bond motifs is 1. The minimum Gasteiger partial charge on any atom is -0.549 e. The highest BCUT2D eigenvalue weighted by atomic mass is 32.2. The molecule has 0 spiro atoms. The van der Waals surface area contributed by atoms with Crippen LogP contribution < -0.4 is 10.8 Å². The van der Waals surface area contributed by atoms with Crippen LogP contribution in [-0.2, 0) is 11.3 Å². The van der Waals surface area contributed by atoms with E-state index in [9.17, 15) is 9.90 Å². The van der Waals surface area contributed by atoms with Crippen molar-refractivity contribution in [2.75, 3.05) is 5.73 Å². The molecule has 0 bridgehead atoms. The maximum absolute atomic E-state index is 11.0. The molecule has 2 heterocycles. The van der Waals surface area contributed by atoms with Crippen LogP contribution in [0.4, 0.5) is 5.82 Å². The molecule has 0 radical (unpaired) electrons. The summed E-state index contributed by atoms with van der Waals surface area (Å²) in [4.78, 5) is 23.6. The predicted molar refractivity (Wildman–Crippen MR) is 85.6 cm³/mol. The van der Waals surface area contributed by atoms with Crippen LogP contribution in [0, 0.1) is 0 Å². The topological polar surface area (TPSA) is 110 Å². The van der Waals surface area contributed by atoms with Gasteiger partial charge in [0.05, 0.1) is 12.5 Å². The van der Waals surface area contributed by atoms with Crippen molar-refractivity contribution in [3.63, 3.8) is 0 Å². The van der Waals surface area contributed by atoms with E-state index in [0.717, 1.165) is 17.3 Å². The molecule has 0 aliphatic heterocycles. The molecule has 7 nitrogen and oxygen atoms in total. The number of hydrogen-bond donors (Lipinski definition) is 1. The molecule has 3 rings (SSSR count). The predicted octanol–water partition coefficient (Wildman–Crippen LogP) is 0.687. The zero-order valence-electron chi connectivity index (χ0n) is 12.3. The van der Waals surface area contributed by atoms with Gasteiger partial charge in [-0.15, -0.1) is 0 Å². The molecule has 1 aromatic carbocycles. The van der Waals surface area contributed by atoms with E-state index in [0.29, 0.717) is 22.9 Å². The lowest BCUT2D eigenvalue weighted by molar-refractivity contribution is -0.304. The van der Waals surface area contributed by atoms with Crippen molar-refractivity contribution in [3.05, 3.63) is 42.2 Å². The second kappa shape index (κ2) is 6.25. The van der Waals surface area contributed by atoms with E-state index in [-0.39, 0.29) is 5.82 Å². The van der Waals surface area contributed by atoms with Gasteiger partial charge in [-0.3, -0.25) is 4.57 Å². The highest BCUT2D eigenvalue weighted by molar-refractivity contribution is 8.00. The van der Waals surface area contributed by atoms with Crippen molar-refractivity contribution in [2.45, 2.75) is 23.9 Å². The molecular weight excluding hydrogens is 314 g/mol. The Labute approximate surface area is 136 Å². The maximum atomic E-state index is 11.0. The summed E-state index contributed by atoms with van der Waals surface area (Å²) in [5, 5.41) is 10.8. The Bertz CT molecular complexity index is 850. The monoisotopic (exact) mass is 328 g/mol. The van der Waals surface area contributed by atoms with Crippen LogP contribution in [0.2, 0.25) is 0 Å². The fraction of sp³-hybridized carbons (Fsp3) is 0.200. The van der Waals surface area contributed by atoms with Crippen molar-refractivity contribution in [1.29, 1.82) is 0 Å². The number of hydrogen-bond acceptors (Lipinski definition) is 7. The van der Waals surface area contributed by atoms with Gasteiger partial charge < -0.3 is 15.6 Å². The second-order valence-corrected chi connectivity index (χ2v) is 6.28. The minimum absolute atomic E-state index is 0.268. The molecule has 0 amide bonds. The number of aromatic nitrogens is 4. The SMILES string of the molecule is C[C@H](Sc1nc2c(N)ncnc2n1Cc1ccccc1)C(=O)[O-]. The molecule has 0 fully saturated rings. The molecule has 0 aliphatic rings. The Balaban J connectivity index is 2.08. The van der Waals surface area contributed by atoms with E-state index in [2.05, 4.69) is 15.0 Å². The van der Waals surface area contributed by atoms with Crippen LogP contribution in [0.15, 0.2) is 41.8 Å². The zero-order chi connectivity index (χ0) is 16.4. The number of anilines is 1. The molecule has 118 valence electrons. The van der Waals surface area contributed by atoms with Gasteiger partial charge in [-0.05, 0) is 12.5 Å². The van der Waals surface area contributed by atoms with E-state index in [1.165, 1.54) is 6.33 Å². The number of imidazole rings is 1. The largest absolute Gasteiger partial charge is 0.549 e. The molecule has 23 heavy (non-hydrogen) atoms. The number of benzene rings is 1. The summed E-state index contributed by atoms with van der Waals surface area (Å²) in [6, 6.07) is 9.77. The van der Waals surface area contributed by atoms with E-state index >= 15 is 0 Å². The standard InChI is InChI=1S/C15H15N5O2S/c1-9(14(21)22)23-15-19-11-12(16)17-8-18-13(11)20(15)7-10-5-3-2-4-6-10/h2-6,8-9H,7H2,1H3,(H,21,22)(H2,16,17,18)/p-1/t9-/m0/s1. The fourth-order valence-electron chi connectivity index (χ4n) is 2.14. The number of nitrogen functional groups attached to an aromatic ring is 1. The summed E-state index contributed by atoms with van der Waals surface area (Å²) in [5.41, 5.74) is 7.95. The third-order valence-electron chi connectivity index (χ3n) is 3.32. The van der Waals surface area contributed by atoms with Crippen LogP contribution in [0.1, 0.15) is 12.5 Å². The average molecular weight is 328 g/mol. The van der Waals surface area contributed by atoms with Crippen molar-refractivity contribution in [2.24, 2.45) is 0 Å². The van der Waals surface area contributed by atoms with Crippen molar-refractivity contribution in [1.82, 2.24) is 19.5 Å². The molecule has 2 aromatic heterocycles. The summed E-state index contributed by atoms with van der Waals surface area (Å²) >= 11 is 1.10. The first-order valence-electron chi connectivity index (χ1n) is 6.94. The van der Waals surface area contributed by atoms with Crippen LogP contribution >= 0.6 is 11.8 Å². The van der Waals surface area contributed by atoms with Crippen molar-refractivity contribution < 1.29 is 9.90 Å². The molecule has 8 heteroatoms. The van der Waals surface area contributed by atoms with Gasteiger partial charge in [0, 0.05) is 5.25 Å². The summed E-state index contributed by atoms with van der Waals surface area (Å²) in [7, 11) is 0. The summed E-state index contributed by atoms with van der Waals surface area (Å²) < 4.78 is 1.84. The molecule has 0 saturated carbocycles. The smallest absolute Gasteiger partial charge is 0.171 e. The first-order chi connectivity index (χ1) is 11.1. The van der Waals surface area contributed by atoms with Gasteiger partial charge in [-0.25, -0.2) is 15.0 Å². The molecule has 0 unspecified atom stereocenters. The Kier molecular flexibility index (Phi) is 4.16. The van der Waals surface area contributed by atoms with Crippen LogP contribution in [0.25, 0.3) is 11.2 Å². The quantitative estimate of drug-likeness (QED) is 0.686. The molecule has 3 aromatic rings. The molecule has 0 saturated heterocycles. The highest BCUT2D eigenvalue weighted by Gasteiger charge is 2.18. The third kappa shape index (κ3) is 3.11. The van der Waals surface area contributed by atoms with Crippen molar-refractivity contribution in [3.8, 4) is 0 Å². The number of carbonyl (C=O) groups is 1. The minimum atomic E-state index is -1.15. The summed E-state index contributed by atoms with van der Waals surface area (Å²) in [6.45, 7) is 2.07. The van der Waals surface area contributed by atoms with Gasteiger partial charge >= 0.3 is 0 Å². The Hall–Kier alpha value is -2.61. The van der Waals surface area contributed by atoms with Gasteiger partial charge in [0.1, 0.15) is 6.33 Å². The van der Waals surface area contributed by atoms with Gasteiger partial charge in [0.15, 0.2) is 22.1 Å². The van der Waals surface area contributed by atoms with Crippen molar-refractivity contribution >= 4 is 34.7 Å². The first kappa shape index (κ1) is 15.3. The first-order valence-corrected chi connectivity index (χ1v) is 7.82. The van der Waals surface area contributed by atoms with Gasteiger partial charge in [0.25, 0.3) is 0 Å². The lowest BCUT2D eigenvalue weighted by Gasteiger charge is -2.13. The zero-order valence-corrected chi connectivity index (χ0v) is 13.2. The second-order valence-electron chi connectivity index (χ2n) is 4.98. The average Bonchev–Trinajstić information content (AvgIpc) is 2.88. The lowest BCUT2D eigenvalue weighted by Crippen LogP contribution is -2.31. The van der Waals surface area contributed by atoms with Gasteiger partial charge in [-0.2, -0.15) is 0 Å². The number of carboxylic acid groups (broad SMARTS) is 1. The Morgan fingerprint density at radius 2 is 2.09 bits per heavy atom. The number of nitrogens with zero attached hydrogens (tertiary/aromatic N) is 4. The molecule has 2 N–H and O–H groups in total. The number of carbonyl (C=O) groups excluding carboxylic acids is 1. The number of thioether (sulfide) groups is 1. The van der Waals surface area contributed by atoms with E-state index in [1.807, 2.05) is 34.9 Å². The van der Waals surface area contributed by atoms with E-state index in [1.54, 1.807) is 6.92 Å².